The van der Waals surface area contributed by atoms with Gasteiger partial charge in [0.2, 0.25) is 0 Å². The molecule has 0 N–H and O–H groups in total. The van der Waals surface area contributed by atoms with Crippen molar-refractivity contribution in [1.82, 2.24) is 0 Å². The second kappa shape index (κ2) is 17.5. The van der Waals surface area contributed by atoms with Crippen molar-refractivity contribution in [2.75, 3.05) is 9.80 Å². The van der Waals surface area contributed by atoms with Crippen LogP contribution in [0.25, 0.3) is 65.7 Å². The van der Waals surface area contributed by atoms with Crippen LogP contribution in [0.5, 0.6) is 0 Å². The van der Waals surface area contributed by atoms with E-state index >= 15 is 0 Å². The molecule has 0 saturated heterocycles. The number of hydrogen-bond donors (Lipinski definition) is 0. The molecule has 0 saturated carbocycles. The van der Waals surface area contributed by atoms with Gasteiger partial charge in [-0.05, 0) is 156 Å². The van der Waals surface area contributed by atoms with Gasteiger partial charge in [0.05, 0.1) is 34.1 Å². The lowest BCUT2D eigenvalue weighted by Crippen LogP contribution is -2.27. The Morgan fingerprint density at radius 1 is 0.430 bits per heavy atom. The number of aryl methyl sites for hydroxylation is 2. The highest BCUT2D eigenvalue weighted by molar-refractivity contribution is 6.30. The Kier molecular flexibility index (Phi) is 10.6. The van der Waals surface area contributed by atoms with Crippen LogP contribution in [0.3, 0.4) is 0 Å². The average molecular weight is 1020 g/mol. The zero-order chi connectivity index (χ0) is 53.5. The lowest BCUT2D eigenvalue weighted by Gasteiger charge is -2.39. The van der Waals surface area contributed by atoms with Gasteiger partial charge in [0.1, 0.15) is 0 Å². The van der Waals surface area contributed by atoms with Crippen LogP contribution < -0.4 is 9.80 Å². The van der Waals surface area contributed by atoms with Crippen LogP contribution in [0.4, 0.5) is 34.1 Å². The Morgan fingerprint density at radius 3 is 1.67 bits per heavy atom. The number of hydrogen-bond acceptors (Lipinski definition) is 2. The quantitative estimate of drug-likeness (QED) is 0.133. The van der Waals surface area contributed by atoms with Crippen LogP contribution in [0.2, 0.25) is 0 Å². The minimum atomic E-state index is -0.251. The van der Waals surface area contributed by atoms with Gasteiger partial charge in [0, 0.05) is 38.6 Å². The molecule has 0 bridgehead atoms. The topological polar surface area (TPSA) is 6.48 Å². The Hall–Kier alpha value is -8.46. The molecule has 4 aliphatic rings. The summed E-state index contributed by atoms with van der Waals surface area (Å²) in [6.45, 7) is 17.2. The third kappa shape index (κ3) is 6.89. The van der Waals surface area contributed by atoms with E-state index in [0.717, 1.165) is 19.3 Å². The molecule has 2 nitrogen and oxygen atoms in total. The monoisotopic (exact) mass is 1020 g/mol. The molecule has 0 heterocycles. The maximum Gasteiger partial charge on any atom is 0.0543 e. The zero-order valence-corrected chi connectivity index (χ0v) is 46.5. The third-order valence-corrected chi connectivity index (χ3v) is 19.3. The first-order chi connectivity index (χ1) is 38.5. The maximum absolute atomic E-state index is 2.71. The fraction of sp³-hybridized carbons (Fsp3) is 0.195. The molecule has 0 aliphatic heterocycles. The first kappa shape index (κ1) is 47.7. The smallest absolute Gasteiger partial charge is 0.0543 e. The number of allylic oxidation sites excluding steroid dienone is 4. The van der Waals surface area contributed by atoms with Gasteiger partial charge in [-0.1, -0.05) is 230 Å². The molecule has 4 aliphatic carbocycles. The van der Waals surface area contributed by atoms with Crippen LogP contribution >= 0.6 is 0 Å². The summed E-state index contributed by atoms with van der Waals surface area (Å²) in [5.74, 6) is 0.673. The van der Waals surface area contributed by atoms with Crippen LogP contribution in [-0.2, 0) is 29.1 Å². The van der Waals surface area contributed by atoms with Crippen molar-refractivity contribution in [2.45, 2.75) is 89.9 Å². The fourth-order valence-electron chi connectivity index (χ4n) is 15.5. The van der Waals surface area contributed by atoms with Crippen LogP contribution in [0.15, 0.2) is 224 Å². The summed E-state index contributed by atoms with van der Waals surface area (Å²) in [4.78, 5) is 5.39. The molecule has 0 aromatic heterocycles. The van der Waals surface area contributed by atoms with Gasteiger partial charge in [-0.15, -0.1) is 0 Å². The molecule has 11 aromatic rings. The van der Waals surface area contributed by atoms with Crippen molar-refractivity contribution in [3.8, 4) is 33.4 Å². The van der Waals surface area contributed by atoms with E-state index in [1.807, 2.05) is 0 Å². The van der Waals surface area contributed by atoms with E-state index in [4.69, 9.17) is 0 Å². The van der Waals surface area contributed by atoms with Gasteiger partial charge >= 0.3 is 0 Å². The number of nitrogens with zero attached hydrogens (tertiary/aromatic N) is 2. The minimum absolute atomic E-state index is 0.0746. The summed E-state index contributed by atoms with van der Waals surface area (Å²) >= 11 is 0. The molecular formula is C77H66N2. The lowest BCUT2D eigenvalue weighted by atomic mass is 9.70. The molecule has 0 fully saturated rings. The van der Waals surface area contributed by atoms with Gasteiger partial charge in [-0.3, -0.25) is 0 Å². The molecule has 2 atom stereocenters. The van der Waals surface area contributed by atoms with E-state index < -0.39 is 0 Å². The van der Waals surface area contributed by atoms with Crippen molar-refractivity contribution in [1.29, 1.82) is 0 Å². The second-order valence-electron chi connectivity index (χ2n) is 24.7. The van der Waals surface area contributed by atoms with Crippen molar-refractivity contribution in [3.63, 3.8) is 0 Å². The van der Waals surface area contributed by atoms with Gasteiger partial charge in [0.15, 0.2) is 0 Å². The van der Waals surface area contributed by atoms with Gasteiger partial charge < -0.3 is 9.80 Å². The highest BCUT2D eigenvalue weighted by atomic mass is 15.2. The van der Waals surface area contributed by atoms with Crippen molar-refractivity contribution >= 4 is 66.4 Å². The predicted molar refractivity (Wildman–Crippen MR) is 336 cm³/mol. The Morgan fingerprint density at radius 2 is 0.987 bits per heavy atom. The molecule has 2 unspecified atom stereocenters. The first-order valence-corrected chi connectivity index (χ1v) is 28.9. The van der Waals surface area contributed by atoms with Crippen molar-refractivity contribution in [2.24, 2.45) is 5.92 Å². The van der Waals surface area contributed by atoms with E-state index in [2.05, 4.69) is 283 Å². The average Bonchev–Trinajstić information content (AvgIpc) is 3.98. The molecule has 0 radical (unpaired) electrons. The Labute approximate surface area is 466 Å². The van der Waals surface area contributed by atoms with Gasteiger partial charge in [-0.25, -0.2) is 0 Å². The highest BCUT2D eigenvalue weighted by Crippen LogP contribution is 2.61. The van der Waals surface area contributed by atoms with E-state index in [1.165, 1.54) is 139 Å². The number of benzene rings is 11. The summed E-state index contributed by atoms with van der Waals surface area (Å²) < 4.78 is 0. The maximum atomic E-state index is 2.71. The Balaban J connectivity index is 1.09. The standard InChI is InChI=1S/C77H66N2/c1-8-48-45-69(79(65-38-22-18-30-53(65)50-27-13-10-14-28-50)67-40-24-34-58-56-32-16-20-36-62(56)77(6,7)74(58)67)60-47-63-70-51(43-44-75(63,2)3)46-68(59-42-41-54(48)71(60)72(59)70)78(64-37-21-17-29-52(64)49-25-11-9-12-26-49)66-39-23-33-57-55-31-15-19-35-61(55)76(4,5)73(57)66/h9-42,45-47,56,62H,8,43-44H2,1-7H3. The molecular weight excluding hydrogens is 953 g/mol. The number of rotatable bonds is 9. The number of fused-ring (bicyclic) bond motifs is 6. The van der Waals surface area contributed by atoms with E-state index in [9.17, 15) is 0 Å². The molecule has 11 aromatic carbocycles. The fourth-order valence-corrected chi connectivity index (χ4v) is 15.5. The number of anilines is 6. The molecule has 0 amide bonds. The number of para-hydroxylation sites is 2. The van der Waals surface area contributed by atoms with Crippen LogP contribution in [0.1, 0.15) is 99.7 Å². The van der Waals surface area contributed by atoms with Crippen LogP contribution in [0, 0.1) is 5.92 Å². The zero-order valence-electron chi connectivity index (χ0n) is 46.5. The van der Waals surface area contributed by atoms with Crippen molar-refractivity contribution < 1.29 is 0 Å². The summed E-state index contributed by atoms with van der Waals surface area (Å²) in [5, 5.41) is 8.12. The molecule has 15 rings (SSSR count). The largest absolute Gasteiger partial charge is 0.309 e. The summed E-state index contributed by atoms with van der Waals surface area (Å²) in [6.07, 6.45) is 12.4. The molecule has 0 spiro atoms. The second-order valence-corrected chi connectivity index (χ2v) is 24.7. The molecule has 79 heavy (non-hydrogen) atoms. The summed E-state index contributed by atoms with van der Waals surface area (Å²) in [6, 6.07) is 76.6. The minimum Gasteiger partial charge on any atom is -0.309 e. The molecule has 2 heteroatoms. The van der Waals surface area contributed by atoms with E-state index in [-0.39, 0.29) is 16.2 Å². The summed E-state index contributed by atoms with van der Waals surface area (Å²) in [5.41, 5.74) is 24.2. The van der Waals surface area contributed by atoms with Crippen molar-refractivity contribution in [3.05, 3.63) is 263 Å². The normalized spacial score (nSPS) is 17.7. The van der Waals surface area contributed by atoms with E-state index in [1.54, 1.807) is 0 Å². The molecule has 384 valence electrons. The summed E-state index contributed by atoms with van der Waals surface area (Å²) in [7, 11) is 0. The third-order valence-electron chi connectivity index (χ3n) is 19.3. The SMILES string of the molecule is CCc1cc(N(c2ccccc2-c2ccccc2)c2cccc3c2C(C)(C)C2C=CC=CC32)c2cc3c4c(cc(N(c5ccccc5-c5ccccc5)c5cccc6c5C(C)(C)c5ccccc5-6)c5ccc1c2c54)CCC3(C)C. The van der Waals surface area contributed by atoms with Gasteiger partial charge in [0.25, 0.3) is 0 Å². The highest BCUT2D eigenvalue weighted by Gasteiger charge is 2.47. The lowest BCUT2D eigenvalue weighted by molar-refractivity contribution is 0.395. The van der Waals surface area contributed by atoms with E-state index in [0.29, 0.717) is 11.8 Å². The van der Waals surface area contributed by atoms with Crippen LogP contribution in [-0.4, -0.2) is 0 Å². The predicted octanol–water partition coefficient (Wildman–Crippen LogP) is 21.1. The first-order valence-electron chi connectivity index (χ1n) is 28.9. The van der Waals surface area contributed by atoms with Gasteiger partial charge in [-0.2, -0.15) is 0 Å². The Bertz CT molecular complexity index is 4340.